The molecule has 150 valence electrons. The summed E-state index contributed by atoms with van der Waals surface area (Å²) in [5, 5.41) is 2.34. The number of nitrogens with one attached hydrogen (secondary N) is 2. The van der Waals surface area contributed by atoms with E-state index in [9.17, 15) is 31.1 Å². The van der Waals surface area contributed by atoms with Crippen LogP contribution in [0.1, 0.15) is 24.8 Å². The summed E-state index contributed by atoms with van der Waals surface area (Å²) in [5.74, 6) is -0.435. The van der Waals surface area contributed by atoms with Crippen molar-refractivity contribution >= 4 is 18.0 Å². The maximum atomic E-state index is 13.3. The van der Waals surface area contributed by atoms with Crippen molar-refractivity contribution < 1.29 is 35.9 Å². The Morgan fingerprint density at radius 1 is 1.15 bits per heavy atom. The molecule has 2 rings (SSSR count). The summed E-state index contributed by atoms with van der Waals surface area (Å²) in [7, 11) is 0. The van der Waals surface area contributed by atoms with Crippen LogP contribution in [0.5, 0.6) is 0 Å². The highest BCUT2D eigenvalue weighted by Crippen LogP contribution is 2.41. The van der Waals surface area contributed by atoms with Crippen LogP contribution in [-0.4, -0.2) is 43.5 Å². The third-order valence-corrected chi connectivity index (χ3v) is 3.99. The molecule has 1 aromatic carbocycles. The molecule has 0 unspecified atom stereocenters. The molecule has 1 aromatic rings. The van der Waals surface area contributed by atoms with Gasteiger partial charge in [0.25, 0.3) is 5.66 Å². The van der Waals surface area contributed by atoms with Gasteiger partial charge >= 0.3 is 18.4 Å². The molecule has 0 aromatic heterocycles. The normalized spacial score (nSPS) is 16.9. The lowest BCUT2D eigenvalue weighted by Gasteiger charge is -2.38. The Morgan fingerprint density at radius 2 is 1.78 bits per heavy atom. The number of carbonyl (C=O) groups is 1. The summed E-state index contributed by atoms with van der Waals surface area (Å²) in [5.41, 5.74) is -3.30. The number of rotatable bonds is 6. The number of nitrogens with zero attached hydrogens (tertiary/aromatic N) is 1. The first-order chi connectivity index (χ1) is 12.5. The van der Waals surface area contributed by atoms with Crippen molar-refractivity contribution in [2.24, 2.45) is 4.99 Å². The van der Waals surface area contributed by atoms with Crippen LogP contribution in [-0.2, 0) is 4.74 Å². The minimum atomic E-state index is -5.85. The minimum Gasteiger partial charge on any atom is -0.450 e. The summed E-state index contributed by atoms with van der Waals surface area (Å²) in [4.78, 5) is 15.4. The monoisotopic (exact) mass is 397 g/mol. The Morgan fingerprint density at radius 3 is 2.37 bits per heavy atom. The number of hydrogen-bond acceptors (Lipinski definition) is 4. The molecular formula is C16H17F6N3O2. The number of alkyl halides is 6. The van der Waals surface area contributed by atoms with Gasteiger partial charge in [-0.2, -0.15) is 26.3 Å². The van der Waals surface area contributed by atoms with Crippen LogP contribution in [0.2, 0.25) is 0 Å². The number of benzene rings is 1. The lowest BCUT2D eigenvalue weighted by molar-refractivity contribution is -0.315. The van der Waals surface area contributed by atoms with Crippen LogP contribution in [0.4, 0.5) is 36.8 Å². The van der Waals surface area contributed by atoms with E-state index in [-0.39, 0.29) is 13.0 Å². The molecule has 1 amide bonds. The number of carbonyl (C=O) groups excluding carboxylic acids is 1. The number of para-hydroxylation sites is 1. The maximum Gasteiger partial charge on any atom is 0.434 e. The van der Waals surface area contributed by atoms with Crippen molar-refractivity contribution in [3.05, 3.63) is 29.8 Å². The summed E-state index contributed by atoms with van der Waals surface area (Å²) in [6, 6.07) is 6.81. The summed E-state index contributed by atoms with van der Waals surface area (Å²) in [6.07, 6.45) is -12.1. The third kappa shape index (κ3) is 4.34. The molecule has 1 aliphatic heterocycles. The van der Waals surface area contributed by atoms with E-state index in [1.54, 1.807) is 24.3 Å². The van der Waals surface area contributed by atoms with Gasteiger partial charge in [0, 0.05) is 12.1 Å². The van der Waals surface area contributed by atoms with Crippen LogP contribution in [0.3, 0.4) is 0 Å². The number of ether oxygens (including phenoxy) is 1. The highest BCUT2D eigenvalue weighted by atomic mass is 19.4. The standard InChI is InChI=1S/C16H17F6N3O2/c1-2-27-13(26)25-14(15(17,18)19,16(20,21)22)24-8-7-10-9-23-12-6-4-3-5-11(10)12/h3-6,9-10,24H,2,7-8H2,1H3,(H,25,26)/t10-/m1/s1. The second-order valence-electron chi connectivity index (χ2n) is 5.75. The molecule has 0 saturated heterocycles. The van der Waals surface area contributed by atoms with Gasteiger partial charge in [-0.25, -0.2) is 4.79 Å². The molecule has 27 heavy (non-hydrogen) atoms. The van der Waals surface area contributed by atoms with Crippen LogP contribution in [0.15, 0.2) is 29.3 Å². The van der Waals surface area contributed by atoms with Crippen molar-refractivity contribution in [3.8, 4) is 0 Å². The summed E-state index contributed by atoms with van der Waals surface area (Å²) in [6.45, 7) is 0.191. The Bertz CT molecular complexity index is 688. The Hall–Kier alpha value is -2.30. The molecule has 0 saturated carbocycles. The molecule has 0 radical (unpaired) electrons. The first-order valence-corrected chi connectivity index (χ1v) is 7.98. The molecule has 1 heterocycles. The topological polar surface area (TPSA) is 62.7 Å². The van der Waals surface area contributed by atoms with Crippen molar-refractivity contribution in [1.29, 1.82) is 0 Å². The van der Waals surface area contributed by atoms with E-state index in [1.807, 2.05) is 0 Å². The van der Waals surface area contributed by atoms with Gasteiger partial charge in [0.15, 0.2) is 0 Å². The first-order valence-electron chi connectivity index (χ1n) is 7.98. The van der Waals surface area contributed by atoms with Gasteiger partial charge in [-0.05, 0) is 31.5 Å². The van der Waals surface area contributed by atoms with Gasteiger partial charge in [-0.1, -0.05) is 18.2 Å². The van der Waals surface area contributed by atoms with Gasteiger partial charge in [0.05, 0.1) is 12.3 Å². The average molecular weight is 397 g/mol. The Balaban J connectivity index is 2.17. The second-order valence-corrected chi connectivity index (χ2v) is 5.75. The quantitative estimate of drug-likeness (QED) is 0.563. The van der Waals surface area contributed by atoms with Crippen molar-refractivity contribution in [2.75, 3.05) is 13.2 Å². The van der Waals surface area contributed by atoms with Crippen LogP contribution < -0.4 is 10.6 Å². The number of alkyl carbamates (subject to hydrolysis) is 1. The van der Waals surface area contributed by atoms with Crippen molar-refractivity contribution in [1.82, 2.24) is 10.6 Å². The van der Waals surface area contributed by atoms with Gasteiger partial charge in [0.2, 0.25) is 0 Å². The Kier molecular flexibility index (Phi) is 6.03. The van der Waals surface area contributed by atoms with Gasteiger partial charge in [-0.15, -0.1) is 0 Å². The van der Waals surface area contributed by atoms with Crippen molar-refractivity contribution in [2.45, 2.75) is 37.3 Å². The number of hydrogen-bond donors (Lipinski definition) is 2. The molecule has 11 heteroatoms. The van der Waals surface area contributed by atoms with E-state index >= 15 is 0 Å². The zero-order valence-electron chi connectivity index (χ0n) is 14.1. The van der Waals surface area contributed by atoms with Crippen LogP contribution in [0.25, 0.3) is 0 Å². The lowest BCUT2D eigenvalue weighted by atomic mass is 9.97. The molecule has 0 fully saturated rings. The summed E-state index contributed by atoms with van der Waals surface area (Å²) < 4.78 is 84.2. The largest absolute Gasteiger partial charge is 0.450 e. The van der Waals surface area contributed by atoms with E-state index in [4.69, 9.17) is 0 Å². The predicted molar refractivity (Wildman–Crippen MR) is 85.0 cm³/mol. The SMILES string of the molecule is CCOC(=O)NC(NCC[C@@H]1C=Nc2ccccc21)(C(F)(F)F)C(F)(F)F. The molecule has 1 aliphatic rings. The van der Waals surface area contributed by atoms with Gasteiger partial charge in [0.1, 0.15) is 0 Å². The molecule has 1 atom stereocenters. The van der Waals surface area contributed by atoms with Gasteiger partial charge < -0.3 is 4.74 Å². The first kappa shape index (κ1) is 21.0. The second kappa shape index (κ2) is 7.75. The van der Waals surface area contributed by atoms with Crippen LogP contribution >= 0.6 is 0 Å². The average Bonchev–Trinajstić information content (AvgIpc) is 2.95. The third-order valence-electron chi connectivity index (χ3n) is 3.99. The van der Waals surface area contributed by atoms with Crippen molar-refractivity contribution in [3.63, 3.8) is 0 Å². The molecule has 2 N–H and O–H groups in total. The van der Waals surface area contributed by atoms with E-state index in [0.717, 1.165) is 5.32 Å². The Labute approximate surface area is 150 Å². The van der Waals surface area contributed by atoms with Gasteiger partial charge in [-0.3, -0.25) is 15.6 Å². The minimum absolute atomic E-state index is 0.0844. The smallest absolute Gasteiger partial charge is 0.434 e. The van der Waals surface area contributed by atoms with E-state index < -0.39 is 36.6 Å². The van der Waals surface area contributed by atoms with E-state index in [2.05, 4.69) is 9.73 Å². The highest BCUT2D eigenvalue weighted by Gasteiger charge is 2.72. The number of fused-ring (bicyclic) bond motifs is 1. The molecule has 0 aliphatic carbocycles. The molecule has 0 bridgehead atoms. The molecule has 0 spiro atoms. The summed E-state index contributed by atoms with van der Waals surface area (Å²) >= 11 is 0. The predicted octanol–water partition coefficient (Wildman–Crippen LogP) is 4.03. The highest BCUT2D eigenvalue weighted by molar-refractivity contribution is 5.80. The number of amides is 1. The fourth-order valence-electron chi connectivity index (χ4n) is 2.68. The molecule has 5 nitrogen and oxygen atoms in total. The zero-order chi connectivity index (χ0) is 20.3. The van der Waals surface area contributed by atoms with E-state index in [1.165, 1.54) is 18.5 Å². The lowest BCUT2D eigenvalue weighted by Crippen LogP contribution is -2.75. The zero-order valence-corrected chi connectivity index (χ0v) is 14.1. The van der Waals surface area contributed by atoms with E-state index in [0.29, 0.717) is 11.3 Å². The fraction of sp³-hybridized carbons (Fsp3) is 0.500. The maximum absolute atomic E-state index is 13.3. The fourth-order valence-corrected chi connectivity index (χ4v) is 2.68. The number of halogens is 6. The molecular weight excluding hydrogens is 380 g/mol. The number of aliphatic imine (C=N–C) groups is 1. The van der Waals surface area contributed by atoms with Crippen LogP contribution in [0, 0.1) is 0 Å².